The molecule has 0 fully saturated rings. The Bertz CT molecular complexity index is 1000. The summed E-state index contributed by atoms with van der Waals surface area (Å²) in [7, 11) is 0. The summed E-state index contributed by atoms with van der Waals surface area (Å²) in [6, 6.07) is 9.84. The molecule has 0 radical (unpaired) electrons. The van der Waals surface area contributed by atoms with E-state index < -0.39 is 12.2 Å². The average Bonchev–Trinajstić information content (AvgIpc) is 3.13. The van der Waals surface area contributed by atoms with E-state index in [2.05, 4.69) is 15.3 Å². The maximum atomic E-state index is 12.8. The summed E-state index contributed by atoms with van der Waals surface area (Å²) in [5.41, 5.74) is 1.98. The summed E-state index contributed by atoms with van der Waals surface area (Å²) in [6.45, 7) is 6.66. The number of hydrogen-bond donors (Lipinski definition) is 2. The zero-order chi connectivity index (χ0) is 21.0. The minimum atomic E-state index is -2.70. The van der Waals surface area contributed by atoms with Crippen molar-refractivity contribution < 1.29 is 23.0 Å². The van der Waals surface area contributed by atoms with E-state index in [1.165, 1.54) is 6.07 Å². The van der Waals surface area contributed by atoms with Crippen LogP contribution in [0.2, 0.25) is 0 Å². The molecule has 2 aromatic carbocycles. The third kappa shape index (κ3) is 4.64. The molecule has 2 N–H and O–H groups in total. The number of amides is 1. The van der Waals surface area contributed by atoms with Gasteiger partial charge in [-0.05, 0) is 56.7 Å². The summed E-state index contributed by atoms with van der Waals surface area (Å²) in [5.74, 6) is 0.533. The molecule has 0 aliphatic carbocycles. The summed E-state index contributed by atoms with van der Waals surface area (Å²) in [6.07, 6.45) is -2.70. The fourth-order valence-corrected chi connectivity index (χ4v) is 2.97. The van der Waals surface area contributed by atoms with E-state index in [9.17, 15) is 13.6 Å². The van der Waals surface area contributed by atoms with E-state index in [1.54, 1.807) is 12.1 Å². The summed E-state index contributed by atoms with van der Waals surface area (Å²) >= 11 is 0. The number of carbonyl (C=O) groups is 1. The first-order chi connectivity index (χ1) is 13.9. The molecule has 0 saturated carbocycles. The molecule has 0 saturated heterocycles. The highest BCUT2D eigenvalue weighted by Crippen LogP contribution is 2.31. The lowest BCUT2D eigenvalue weighted by Gasteiger charge is -2.17. The molecule has 0 bridgehead atoms. The van der Waals surface area contributed by atoms with Crippen LogP contribution in [0.25, 0.3) is 11.0 Å². The fourth-order valence-electron chi connectivity index (χ4n) is 2.97. The summed E-state index contributed by atoms with van der Waals surface area (Å²) < 4.78 is 36.8. The van der Waals surface area contributed by atoms with Crippen molar-refractivity contribution in [3.8, 4) is 11.5 Å². The second-order valence-electron chi connectivity index (χ2n) is 6.42. The monoisotopic (exact) mass is 403 g/mol. The molecule has 8 heteroatoms. The smallest absolute Gasteiger partial charge is 0.295 e. The molecule has 0 aliphatic heterocycles. The number of fused-ring (bicyclic) bond motifs is 1. The number of aromatic nitrogens is 2. The van der Waals surface area contributed by atoms with Crippen molar-refractivity contribution in [1.82, 2.24) is 15.3 Å². The number of aromatic amines is 1. The fraction of sp³-hybridized carbons (Fsp3) is 0.333. The van der Waals surface area contributed by atoms with Crippen molar-refractivity contribution in [3.05, 3.63) is 53.3 Å². The van der Waals surface area contributed by atoms with Crippen LogP contribution in [-0.4, -0.2) is 29.1 Å². The molecule has 0 aliphatic rings. The molecule has 1 amide bonds. The second kappa shape index (κ2) is 8.89. The molecule has 1 unspecified atom stereocenters. The molecule has 29 heavy (non-hydrogen) atoms. The Morgan fingerprint density at radius 3 is 2.52 bits per heavy atom. The van der Waals surface area contributed by atoms with Crippen LogP contribution in [0.1, 0.15) is 55.0 Å². The first-order valence-corrected chi connectivity index (χ1v) is 9.41. The number of ether oxygens (including phenoxy) is 2. The van der Waals surface area contributed by atoms with Crippen LogP contribution >= 0.6 is 0 Å². The molecular formula is C21H23F2N3O3. The lowest BCUT2D eigenvalue weighted by atomic mass is 10.1. The SMILES string of the molecule is CCOc1ccc(C(C)NC(=O)c2ccc3nc(C(F)F)[nH]c3c2)cc1OCC. The number of alkyl halides is 2. The molecule has 0 spiro atoms. The zero-order valence-electron chi connectivity index (χ0n) is 16.5. The molecule has 1 aromatic heterocycles. The minimum absolute atomic E-state index is 0.300. The number of rotatable bonds is 8. The van der Waals surface area contributed by atoms with Gasteiger partial charge in [-0.25, -0.2) is 13.8 Å². The molecular weight excluding hydrogens is 380 g/mol. The van der Waals surface area contributed by atoms with Crippen molar-refractivity contribution in [2.75, 3.05) is 13.2 Å². The van der Waals surface area contributed by atoms with E-state index in [0.29, 0.717) is 41.3 Å². The summed E-state index contributed by atoms with van der Waals surface area (Å²) in [5, 5.41) is 2.91. The Balaban J connectivity index is 1.77. The van der Waals surface area contributed by atoms with Crippen LogP contribution in [-0.2, 0) is 0 Å². The number of hydrogen-bond acceptors (Lipinski definition) is 4. The highest BCUT2D eigenvalue weighted by molar-refractivity contribution is 5.97. The lowest BCUT2D eigenvalue weighted by molar-refractivity contribution is 0.0940. The quantitative estimate of drug-likeness (QED) is 0.567. The molecule has 154 valence electrons. The van der Waals surface area contributed by atoms with Crippen molar-refractivity contribution in [1.29, 1.82) is 0 Å². The Morgan fingerprint density at radius 1 is 1.10 bits per heavy atom. The normalized spacial score (nSPS) is 12.2. The van der Waals surface area contributed by atoms with Gasteiger partial charge >= 0.3 is 0 Å². The zero-order valence-corrected chi connectivity index (χ0v) is 16.5. The van der Waals surface area contributed by atoms with Gasteiger partial charge in [-0.15, -0.1) is 0 Å². The predicted octanol–water partition coefficient (Wildman–Crippen LogP) is 4.79. The van der Waals surface area contributed by atoms with Gasteiger partial charge in [0.2, 0.25) is 0 Å². The van der Waals surface area contributed by atoms with Crippen LogP contribution in [0.4, 0.5) is 8.78 Å². The van der Waals surface area contributed by atoms with Crippen molar-refractivity contribution in [3.63, 3.8) is 0 Å². The van der Waals surface area contributed by atoms with Crippen LogP contribution in [0.5, 0.6) is 11.5 Å². The molecule has 6 nitrogen and oxygen atoms in total. The van der Waals surface area contributed by atoms with Crippen LogP contribution < -0.4 is 14.8 Å². The Labute approximate surface area is 167 Å². The highest BCUT2D eigenvalue weighted by atomic mass is 19.3. The van der Waals surface area contributed by atoms with Crippen molar-refractivity contribution in [2.24, 2.45) is 0 Å². The average molecular weight is 403 g/mol. The van der Waals surface area contributed by atoms with E-state index in [0.717, 1.165) is 5.56 Å². The van der Waals surface area contributed by atoms with Crippen LogP contribution in [0.3, 0.4) is 0 Å². The lowest BCUT2D eigenvalue weighted by Crippen LogP contribution is -2.26. The maximum Gasteiger partial charge on any atom is 0.295 e. The number of imidazole rings is 1. The van der Waals surface area contributed by atoms with Gasteiger partial charge in [-0.3, -0.25) is 4.79 Å². The van der Waals surface area contributed by atoms with Gasteiger partial charge < -0.3 is 19.8 Å². The van der Waals surface area contributed by atoms with Gasteiger partial charge in [0.15, 0.2) is 17.3 Å². The predicted molar refractivity (Wildman–Crippen MR) is 106 cm³/mol. The summed E-state index contributed by atoms with van der Waals surface area (Å²) in [4.78, 5) is 19.0. The van der Waals surface area contributed by atoms with Crippen molar-refractivity contribution >= 4 is 16.9 Å². The van der Waals surface area contributed by atoms with Gasteiger partial charge in [0.25, 0.3) is 12.3 Å². The Morgan fingerprint density at radius 2 is 1.83 bits per heavy atom. The molecule has 3 rings (SSSR count). The topological polar surface area (TPSA) is 76.2 Å². The highest BCUT2D eigenvalue weighted by Gasteiger charge is 2.17. The largest absolute Gasteiger partial charge is 0.490 e. The third-order valence-electron chi connectivity index (χ3n) is 4.38. The number of carbonyl (C=O) groups excluding carboxylic acids is 1. The third-order valence-corrected chi connectivity index (χ3v) is 4.38. The molecule has 1 atom stereocenters. The first kappa shape index (κ1) is 20.6. The molecule has 1 heterocycles. The van der Waals surface area contributed by atoms with E-state index >= 15 is 0 Å². The Kier molecular flexibility index (Phi) is 6.31. The van der Waals surface area contributed by atoms with E-state index in [4.69, 9.17) is 9.47 Å². The van der Waals surface area contributed by atoms with E-state index in [-0.39, 0.29) is 11.9 Å². The van der Waals surface area contributed by atoms with Crippen LogP contribution in [0, 0.1) is 0 Å². The van der Waals surface area contributed by atoms with Gasteiger partial charge in [0, 0.05) is 5.56 Å². The number of benzene rings is 2. The standard InChI is InChI=1S/C21H23F2N3O3/c1-4-28-17-9-7-13(11-18(17)29-5-2)12(3)24-21(27)14-6-8-15-16(10-14)26-20(25-15)19(22)23/h6-12,19H,4-5H2,1-3H3,(H,24,27)(H,25,26). The van der Waals surface area contributed by atoms with E-state index in [1.807, 2.05) is 39.0 Å². The Hall–Kier alpha value is -3.16. The number of H-pyrrole nitrogens is 1. The van der Waals surface area contributed by atoms with Gasteiger partial charge in [0.1, 0.15) is 0 Å². The van der Waals surface area contributed by atoms with Gasteiger partial charge in [0.05, 0.1) is 30.3 Å². The number of nitrogens with one attached hydrogen (secondary N) is 2. The molecule has 3 aromatic rings. The maximum absolute atomic E-state index is 12.8. The van der Waals surface area contributed by atoms with Crippen molar-refractivity contribution in [2.45, 2.75) is 33.2 Å². The van der Waals surface area contributed by atoms with Gasteiger partial charge in [-0.2, -0.15) is 0 Å². The number of nitrogens with zero attached hydrogens (tertiary/aromatic N) is 1. The number of halogens is 2. The second-order valence-corrected chi connectivity index (χ2v) is 6.42. The van der Waals surface area contributed by atoms with Gasteiger partial charge in [-0.1, -0.05) is 6.07 Å². The minimum Gasteiger partial charge on any atom is -0.490 e. The van der Waals surface area contributed by atoms with Crippen LogP contribution in [0.15, 0.2) is 36.4 Å². The first-order valence-electron chi connectivity index (χ1n) is 9.41.